The van der Waals surface area contributed by atoms with Crippen LogP contribution in [0.1, 0.15) is 63.6 Å². The van der Waals surface area contributed by atoms with Gasteiger partial charge >= 0.3 is 5.97 Å². The van der Waals surface area contributed by atoms with E-state index >= 15 is 0 Å². The van der Waals surface area contributed by atoms with Crippen LogP contribution in [-0.2, 0) is 30.8 Å². The second-order valence-electron chi connectivity index (χ2n) is 12.1. The van der Waals surface area contributed by atoms with Crippen molar-refractivity contribution in [1.29, 1.82) is 0 Å². The molecule has 2 aromatic carbocycles. The van der Waals surface area contributed by atoms with Crippen LogP contribution in [0.15, 0.2) is 53.4 Å². The van der Waals surface area contributed by atoms with Crippen LogP contribution in [0.5, 0.6) is 0 Å². The van der Waals surface area contributed by atoms with Crippen molar-refractivity contribution in [3.63, 3.8) is 0 Å². The standard InChI is InChI=1S/C29H35FN2O5S/c1-28(2)15-22-16-29(3,18-28)19-31(22)26(33)17-37-27(34)14-25-24-7-5-4-6-20(24)12-13-32(25)38(35,36)23-10-8-21(30)9-11-23/h4-11,22,25H,12-19H2,1-3H3. The molecule has 5 rings (SSSR count). The van der Waals surface area contributed by atoms with Crippen LogP contribution in [0, 0.1) is 16.6 Å². The third kappa shape index (κ3) is 5.23. The number of fused-ring (bicyclic) bond motifs is 3. The number of halogens is 1. The lowest BCUT2D eigenvalue weighted by Gasteiger charge is -2.39. The normalized spacial score (nSPS) is 26.6. The van der Waals surface area contributed by atoms with Gasteiger partial charge in [0.1, 0.15) is 5.82 Å². The highest BCUT2D eigenvalue weighted by Gasteiger charge is 2.51. The third-order valence-corrected chi connectivity index (χ3v) is 10.2. The molecule has 2 aliphatic heterocycles. The SMILES string of the molecule is CC1(C)CC2CC(C)(CN2C(=O)COC(=O)CC2c3ccccc3CCN2S(=O)(=O)c2ccc(F)cc2)C1. The summed E-state index contributed by atoms with van der Waals surface area (Å²) in [6.07, 6.45) is 3.22. The molecule has 3 atom stereocenters. The lowest BCUT2D eigenvalue weighted by molar-refractivity contribution is -0.153. The second-order valence-corrected chi connectivity index (χ2v) is 14.0. The molecule has 1 saturated carbocycles. The van der Waals surface area contributed by atoms with E-state index < -0.39 is 27.9 Å². The molecule has 1 aliphatic carbocycles. The Morgan fingerprint density at radius 2 is 1.76 bits per heavy atom. The molecular weight excluding hydrogens is 507 g/mol. The van der Waals surface area contributed by atoms with Crippen LogP contribution in [0.4, 0.5) is 4.39 Å². The molecule has 2 heterocycles. The molecule has 3 aliphatic rings. The summed E-state index contributed by atoms with van der Waals surface area (Å²) in [6.45, 7) is 7.18. The quantitative estimate of drug-likeness (QED) is 0.503. The Labute approximate surface area is 224 Å². The van der Waals surface area contributed by atoms with E-state index in [4.69, 9.17) is 4.74 Å². The molecule has 204 valence electrons. The number of amides is 1. The van der Waals surface area contributed by atoms with Gasteiger partial charge in [0.15, 0.2) is 6.61 Å². The highest BCUT2D eigenvalue weighted by atomic mass is 32.2. The van der Waals surface area contributed by atoms with Crippen molar-refractivity contribution in [1.82, 2.24) is 9.21 Å². The molecule has 38 heavy (non-hydrogen) atoms. The van der Waals surface area contributed by atoms with Crippen LogP contribution in [0.25, 0.3) is 0 Å². The average molecular weight is 543 g/mol. The van der Waals surface area contributed by atoms with Gasteiger partial charge in [-0.3, -0.25) is 9.59 Å². The van der Waals surface area contributed by atoms with Gasteiger partial charge in [0.2, 0.25) is 10.0 Å². The fourth-order valence-electron chi connectivity index (χ4n) is 7.06. The van der Waals surface area contributed by atoms with Gasteiger partial charge in [-0.25, -0.2) is 12.8 Å². The summed E-state index contributed by atoms with van der Waals surface area (Å²) in [5, 5.41) is 0. The maximum Gasteiger partial charge on any atom is 0.308 e. The van der Waals surface area contributed by atoms with Crippen molar-refractivity contribution >= 4 is 21.9 Å². The zero-order chi connectivity index (χ0) is 27.3. The number of esters is 1. The minimum absolute atomic E-state index is 0.0385. The van der Waals surface area contributed by atoms with E-state index in [1.165, 1.54) is 16.4 Å². The van der Waals surface area contributed by atoms with Gasteiger partial charge in [-0.2, -0.15) is 4.31 Å². The summed E-state index contributed by atoms with van der Waals surface area (Å²) in [4.78, 5) is 27.9. The first-order valence-electron chi connectivity index (χ1n) is 13.2. The molecule has 1 amide bonds. The van der Waals surface area contributed by atoms with Crippen LogP contribution < -0.4 is 0 Å². The first kappa shape index (κ1) is 26.8. The molecule has 1 saturated heterocycles. The van der Waals surface area contributed by atoms with Crippen molar-refractivity contribution < 1.29 is 27.1 Å². The van der Waals surface area contributed by atoms with E-state index in [0.717, 1.165) is 42.5 Å². The van der Waals surface area contributed by atoms with Gasteiger partial charge < -0.3 is 9.64 Å². The van der Waals surface area contributed by atoms with E-state index in [9.17, 15) is 22.4 Å². The van der Waals surface area contributed by atoms with Gasteiger partial charge in [0, 0.05) is 19.1 Å². The number of rotatable bonds is 6. The molecule has 0 spiro atoms. The minimum Gasteiger partial charge on any atom is -0.456 e. The van der Waals surface area contributed by atoms with E-state index in [0.29, 0.717) is 13.0 Å². The number of carbonyl (C=O) groups excluding carboxylic acids is 2. The maximum atomic E-state index is 13.5. The van der Waals surface area contributed by atoms with E-state index in [1.807, 2.05) is 29.2 Å². The van der Waals surface area contributed by atoms with Crippen molar-refractivity contribution in [3.8, 4) is 0 Å². The Morgan fingerprint density at radius 3 is 2.50 bits per heavy atom. The largest absolute Gasteiger partial charge is 0.456 e. The van der Waals surface area contributed by atoms with E-state index in [2.05, 4.69) is 20.8 Å². The first-order chi connectivity index (χ1) is 17.9. The van der Waals surface area contributed by atoms with Crippen LogP contribution >= 0.6 is 0 Å². The number of carbonyl (C=O) groups is 2. The molecule has 3 unspecified atom stereocenters. The summed E-state index contributed by atoms with van der Waals surface area (Å²) in [5.74, 6) is -1.37. The smallest absolute Gasteiger partial charge is 0.308 e. The molecule has 0 N–H and O–H groups in total. The lowest BCUT2D eigenvalue weighted by Crippen LogP contribution is -2.42. The van der Waals surface area contributed by atoms with Crippen molar-refractivity contribution in [2.75, 3.05) is 19.7 Å². The predicted molar refractivity (Wildman–Crippen MR) is 140 cm³/mol. The average Bonchev–Trinajstić information content (AvgIpc) is 3.11. The fraction of sp³-hybridized carbons (Fsp3) is 0.517. The Morgan fingerprint density at radius 1 is 1.05 bits per heavy atom. The Kier molecular flexibility index (Phi) is 6.88. The summed E-state index contributed by atoms with van der Waals surface area (Å²) in [5.41, 5.74) is 1.94. The Balaban J connectivity index is 1.30. The second kappa shape index (κ2) is 9.75. The molecule has 9 heteroatoms. The van der Waals surface area contributed by atoms with E-state index in [1.54, 1.807) is 0 Å². The molecule has 2 aromatic rings. The van der Waals surface area contributed by atoms with Crippen LogP contribution in [0.2, 0.25) is 0 Å². The molecule has 0 aromatic heterocycles. The third-order valence-electron chi connectivity index (χ3n) is 8.24. The topological polar surface area (TPSA) is 84.0 Å². The summed E-state index contributed by atoms with van der Waals surface area (Å²) >= 11 is 0. The number of nitrogens with zero attached hydrogens (tertiary/aromatic N) is 2. The van der Waals surface area contributed by atoms with Crippen molar-refractivity contribution in [2.24, 2.45) is 10.8 Å². The number of likely N-dealkylation sites (tertiary alicyclic amines) is 1. The lowest BCUT2D eigenvalue weighted by atomic mass is 9.65. The number of ether oxygens (including phenoxy) is 1. The summed E-state index contributed by atoms with van der Waals surface area (Å²) in [6, 6.07) is 11.5. The van der Waals surface area contributed by atoms with Gasteiger partial charge in [0.25, 0.3) is 5.91 Å². The number of hydrogen-bond donors (Lipinski definition) is 0. The molecule has 2 bridgehead atoms. The Bertz CT molecular complexity index is 1340. The highest BCUT2D eigenvalue weighted by Crippen LogP contribution is 2.52. The summed E-state index contributed by atoms with van der Waals surface area (Å²) in [7, 11) is -4.00. The molecule has 0 radical (unpaired) electrons. The van der Waals surface area contributed by atoms with Crippen molar-refractivity contribution in [3.05, 3.63) is 65.5 Å². The number of sulfonamides is 1. The van der Waals surface area contributed by atoms with Gasteiger partial charge in [-0.1, -0.05) is 45.0 Å². The maximum absolute atomic E-state index is 13.5. The zero-order valence-electron chi connectivity index (χ0n) is 22.2. The van der Waals surface area contributed by atoms with Gasteiger partial charge in [-0.15, -0.1) is 0 Å². The fourth-order valence-corrected chi connectivity index (χ4v) is 8.67. The molecule has 7 nitrogen and oxygen atoms in total. The molecule has 2 fully saturated rings. The Hall–Kier alpha value is -2.78. The van der Waals surface area contributed by atoms with E-state index in [-0.39, 0.29) is 47.2 Å². The van der Waals surface area contributed by atoms with Gasteiger partial charge in [-0.05, 0) is 71.9 Å². The van der Waals surface area contributed by atoms with Crippen LogP contribution in [0.3, 0.4) is 0 Å². The summed E-state index contributed by atoms with van der Waals surface area (Å²) < 4.78 is 47.2. The zero-order valence-corrected chi connectivity index (χ0v) is 23.0. The van der Waals surface area contributed by atoms with Gasteiger partial charge in [0.05, 0.1) is 17.4 Å². The monoisotopic (exact) mass is 542 g/mol. The number of benzene rings is 2. The molecular formula is C29H35FN2O5S. The first-order valence-corrected chi connectivity index (χ1v) is 14.6. The van der Waals surface area contributed by atoms with Crippen LogP contribution in [-0.4, -0.2) is 55.2 Å². The van der Waals surface area contributed by atoms with Crippen molar-refractivity contribution in [2.45, 2.75) is 69.9 Å². The minimum atomic E-state index is -4.00. The number of hydrogen-bond acceptors (Lipinski definition) is 5. The highest BCUT2D eigenvalue weighted by molar-refractivity contribution is 7.89. The predicted octanol–water partition coefficient (Wildman–Crippen LogP) is 4.47.